The predicted octanol–water partition coefficient (Wildman–Crippen LogP) is 3.54. The minimum Gasteiger partial charge on any atom is -0.265 e. The maximum atomic E-state index is 5.85. The maximum Gasteiger partial charge on any atom is 0.129 e. The number of hydrogen-bond donors (Lipinski definition) is 0. The molecule has 0 fully saturated rings. The van der Waals surface area contributed by atoms with Crippen molar-refractivity contribution in [1.29, 1.82) is 0 Å². The Labute approximate surface area is 97.9 Å². The molecule has 15 heavy (non-hydrogen) atoms. The van der Waals surface area contributed by atoms with Crippen LogP contribution in [0.4, 0.5) is 0 Å². The van der Waals surface area contributed by atoms with Crippen LogP contribution in [0.3, 0.4) is 0 Å². The monoisotopic (exact) mass is 238 g/mol. The van der Waals surface area contributed by atoms with Crippen LogP contribution in [0.15, 0.2) is 36.7 Å². The smallest absolute Gasteiger partial charge is 0.129 e. The van der Waals surface area contributed by atoms with Crippen LogP contribution in [0.2, 0.25) is 5.15 Å². The van der Waals surface area contributed by atoms with Gasteiger partial charge in [0.15, 0.2) is 0 Å². The summed E-state index contributed by atoms with van der Waals surface area (Å²) in [6.45, 7) is 0. The van der Waals surface area contributed by atoms with Gasteiger partial charge in [-0.05, 0) is 23.8 Å². The van der Waals surface area contributed by atoms with Crippen molar-refractivity contribution >= 4 is 23.2 Å². The fraction of sp³-hybridized carbons (Fsp3) is 0.0909. The van der Waals surface area contributed by atoms with E-state index in [0.717, 1.165) is 16.8 Å². The van der Waals surface area contributed by atoms with Crippen molar-refractivity contribution in [2.45, 2.75) is 5.88 Å². The number of rotatable bonds is 2. The zero-order valence-corrected chi connectivity index (χ0v) is 9.33. The Bertz CT molecular complexity index is 457. The molecule has 0 unspecified atom stereocenters. The zero-order valence-electron chi connectivity index (χ0n) is 7.82. The van der Waals surface area contributed by atoms with Gasteiger partial charge in [0, 0.05) is 23.8 Å². The highest BCUT2D eigenvalue weighted by Crippen LogP contribution is 2.24. The highest BCUT2D eigenvalue weighted by atomic mass is 35.5. The first-order valence-corrected chi connectivity index (χ1v) is 5.34. The Morgan fingerprint density at radius 3 is 2.47 bits per heavy atom. The van der Waals surface area contributed by atoms with E-state index in [-0.39, 0.29) is 0 Å². The molecule has 4 heteroatoms. The van der Waals surface area contributed by atoms with Gasteiger partial charge in [0.1, 0.15) is 5.15 Å². The van der Waals surface area contributed by atoms with Crippen molar-refractivity contribution in [3.63, 3.8) is 0 Å². The van der Waals surface area contributed by atoms with Gasteiger partial charge in [-0.1, -0.05) is 17.7 Å². The van der Waals surface area contributed by atoms with Crippen molar-refractivity contribution in [3.05, 3.63) is 47.4 Å². The molecule has 76 valence electrons. The van der Waals surface area contributed by atoms with E-state index in [1.165, 1.54) is 0 Å². The van der Waals surface area contributed by atoms with Gasteiger partial charge in [-0.15, -0.1) is 11.6 Å². The quantitative estimate of drug-likeness (QED) is 0.591. The normalized spacial score (nSPS) is 10.3. The Hall–Kier alpha value is -1.12. The molecule has 2 aromatic heterocycles. The third-order valence-electron chi connectivity index (χ3n) is 2.04. The van der Waals surface area contributed by atoms with Crippen LogP contribution in [0.25, 0.3) is 11.3 Å². The van der Waals surface area contributed by atoms with Gasteiger partial charge < -0.3 is 0 Å². The molecule has 0 radical (unpaired) electrons. The van der Waals surface area contributed by atoms with Gasteiger partial charge in [-0.2, -0.15) is 0 Å². The summed E-state index contributed by atoms with van der Waals surface area (Å²) in [7, 11) is 0. The van der Waals surface area contributed by atoms with E-state index in [1.54, 1.807) is 18.5 Å². The van der Waals surface area contributed by atoms with Crippen molar-refractivity contribution in [2.75, 3.05) is 0 Å². The highest BCUT2D eigenvalue weighted by molar-refractivity contribution is 6.29. The number of pyridine rings is 2. The van der Waals surface area contributed by atoms with Gasteiger partial charge in [-0.3, -0.25) is 4.98 Å². The van der Waals surface area contributed by atoms with E-state index >= 15 is 0 Å². The molecular weight excluding hydrogens is 231 g/mol. The molecule has 0 N–H and O–H groups in total. The maximum absolute atomic E-state index is 5.85. The van der Waals surface area contributed by atoms with E-state index in [9.17, 15) is 0 Å². The Kier molecular flexibility index (Phi) is 3.19. The molecule has 0 aromatic carbocycles. The molecule has 0 bridgehead atoms. The summed E-state index contributed by atoms with van der Waals surface area (Å²) in [6.07, 6.45) is 3.44. The molecule has 2 heterocycles. The van der Waals surface area contributed by atoms with E-state index in [1.807, 2.05) is 18.2 Å². The van der Waals surface area contributed by atoms with Gasteiger partial charge >= 0.3 is 0 Å². The van der Waals surface area contributed by atoms with Crippen molar-refractivity contribution in [1.82, 2.24) is 9.97 Å². The topological polar surface area (TPSA) is 25.8 Å². The van der Waals surface area contributed by atoms with E-state index in [0.29, 0.717) is 11.0 Å². The summed E-state index contributed by atoms with van der Waals surface area (Å²) in [6, 6.07) is 7.39. The van der Waals surface area contributed by atoms with Crippen LogP contribution in [0.5, 0.6) is 0 Å². The van der Waals surface area contributed by atoms with Crippen LogP contribution in [-0.2, 0) is 5.88 Å². The first kappa shape index (κ1) is 10.4. The van der Waals surface area contributed by atoms with E-state index in [4.69, 9.17) is 23.2 Å². The van der Waals surface area contributed by atoms with Gasteiger partial charge in [0.2, 0.25) is 0 Å². The first-order chi connectivity index (χ1) is 7.31. The summed E-state index contributed by atoms with van der Waals surface area (Å²) in [5, 5.41) is 0.468. The molecule has 0 amide bonds. The second-order valence-electron chi connectivity index (χ2n) is 3.01. The summed E-state index contributed by atoms with van der Waals surface area (Å²) in [4.78, 5) is 8.22. The second kappa shape index (κ2) is 4.60. The lowest BCUT2D eigenvalue weighted by Crippen LogP contribution is -1.91. The van der Waals surface area contributed by atoms with Crippen LogP contribution in [0, 0.1) is 0 Å². The number of alkyl halides is 1. The standard InChI is InChI=1S/C11H8Cl2N2/c12-7-9-1-2-10(13)15-11(9)8-3-5-14-6-4-8/h1-6H,7H2. The lowest BCUT2D eigenvalue weighted by atomic mass is 10.1. The summed E-state index contributed by atoms with van der Waals surface area (Å²) >= 11 is 11.7. The van der Waals surface area contributed by atoms with Crippen molar-refractivity contribution < 1.29 is 0 Å². The lowest BCUT2D eigenvalue weighted by Gasteiger charge is -2.05. The third kappa shape index (κ3) is 2.28. The van der Waals surface area contributed by atoms with Gasteiger partial charge in [0.05, 0.1) is 5.69 Å². The molecule has 0 aliphatic rings. The molecule has 0 saturated heterocycles. The molecular formula is C11H8Cl2N2. The lowest BCUT2D eigenvalue weighted by molar-refractivity contribution is 1.23. The average Bonchev–Trinajstić information content (AvgIpc) is 2.30. The number of aromatic nitrogens is 2. The molecule has 2 rings (SSSR count). The number of nitrogens with zero attached hydrogens (tertiary/aromatic N) is 2. The number of hydrogen-bond acceptors (Lipinski definition) is 2. The van der Waals surface area contributed by atoms with Crippen LogP contribution >= 0.6 is 23.2 Å². The predicted molar refractivity (Wildman–Crippen MR) is 62.0 cm³/mol. The fourth-order valence-electron chi connectivity index (χ4n) is 1.33. The van der Waals surface area contributed by atoms with Crippen molar-refractivity contribution in [2.24, 2.45) is 0 Å². The summed E-state index contributed by atoms with van der Waals surface area (Å²) < 4.78 is 0. The van der Waals surface area contributed by atoms with Gasteiger partial charge in [-0.25, -0.2) is 4.98 Å². The van der Waals surface area contributed by atoms with Crippen LogP contribution in [0.1, 0.15) is 5.56 Å². The minimum absolute atomic E-state index is 0.418. The Morgan fingerprint density at radius 1 is 1.07 bits per heavy atom. The fourth-order valence-corrected chi connectivity index (χ4v) is 1.69. The first-order valence-electron chi connectivity index (χ1n) is 4.43. The number of halogens is 2. The summed E-state index contributed by atoms with van der Waals surface area (Å²) in [5.74, 6) is 0.418. The molecule has 0 atom stereocenters. The molecule has 0 saturated carbocycles. The van der Waals surface area contributed by atoms with E-state index < -0.39 is 0 Å². The molecule has 0 aliphatic carbocycles. The van der Waals surface area contributed by atoms with Crippen LogP contribution in [-0.4, -0.2) is 9.97 Å². The van der Waals surface area contributed by atoms with Crippen molar-refractivity contribution in [3.8, 4) is 11.3 Å². The Morgan fingerprint density at radius 2 is 1.80 bits per heavy atom. The average molecular weight is 239 g/mol. The van der Waals surface area contributed by atoms with Gasteiger partial charge in [0.25, 0.3) is 0 Å². The highest BCUT2D eigenvalue weighted by Gasteiger charge is 2.06. The molecule has 2 aromatic rings. The zero-order chi connectivity index (χ0) is 10.7. The molecule has 0 spiro atoms. The Balaban J connectivity index is 2.56. The third-order valence-corrected chi connectivity index (χ3v) is 2.54. The largest absolute Gasteiger partial charge is 0.265 e. The van der Waals surface area contributed by atoms with E-state index in [2.05, 4.69) is 9.97 Å². The second-order valence-corrected chi connectivity index (χ2v) is 3.67. The van der Waals surface area contributed by atoms with Crippen LogP contribution < -0.4 is 0 Å². The molecule has 2 nitrogen and oxygen atoms in total. The summed E-state index contributed by atoms with van der Waals surface area (Å²) in [5.41, 5.74) is 2.76. The molecule has 0 aliphatic heterocycles. The minimum atomic E-state index is 0.418. The SMILES string of the molecule is ClCc1ccc(Cl)nc1-c1ccncc1.